The molecule has 2 N–H and O–H groups in total. The summed E-state index contributed by atoms with van der Waals surface area (Å²) in [5.41, 5.74) is 2.60. The zero-order valence-corrected chi connectivity index (χ0v) is 17.7. The van der Waals surface area contributed by atoms with Gasteiger partial charge in [-0.15, -0.1) is 11.3 Å². The van der Waals surface area contributed by atoms with Crippen LogP contribution in [0.2, 0.25) is 0 Å². The maximum Gasteiger partial charge on any atom is 0.264 e. The van der Waals surface area contributed by atoms with Gasteiger partial charge in [-0.2, -0.15) is 5.10 Å². The smallest absolute Gasteiger partial charge is 0.264 e. The van der Waals surface area contributed by atoms with Gasteiger partial charge in [-0.3, -0.25) is 14.5 Å². The van der Waals surface area contributed by atoms with Crippen molar-refractivity contribution in [2.45, 2.75) is 25.4 Å². The van der Waals surface area contributed by atoms with Crippen LogP contribution in [0.15, 0.2) is 60.7 Å². The lowest BCUT2D eigenvalue weighted by molar-refractivity contribution is 0.0954. The molecule has 0 atom stereocenters. The highest BCUT2D eigenvalue weighted by Gasteiger charge is 2.27. The summed E-state index contributed by atoms with van der Waals surface area (Å²) in [6.07, 6.45) is 2.20. The molecule has 1 saturated carbocycles. The van der Waals surface area contributed by atoms with Crippen LogP contribution in [-0.2, 0) is 6.54 Å². The number of rotatable bonds is 6. The number of nitrogens with zero attached hydrogens (tertiary/aromatic N) is 3. The minimum atomic E-state index is -0.162. The molecule has 2 heterocycles. The number of thiazole rings is 1. The summed E-state index contributed by atoms with van der Waals surface area (Å²) < 4.78 is 2.62. The van der Waals surface area contributed by atoms with E-state index in [2.05, 4.69) is 15.5 Å². The van der Waals surface area contributed by atoms with Crippen LogP contribution < -0.4 is 5.32 Å². The van der Waals surface area contributed by atoms with Gasteiger partial charge in [0.15, 0.2) is 10.6 Å². The van der Waals surface area contributed by atoms with Crippen LogP contribution in [-0.4, -0.2) is 25.7 Å². The van der Waals surface area contributed by atoms with Gasteiger partial charge in [0, 0.05) is 17.2 Å². The number of amides is 1. The second-order valence-electron chi connectivity index (χ2n) is 7.16. The molecule has 8 heteroatoms. The van der Waals surface area contributed by atoms with E-state index in [1.165, 1.54) is 11.3 Å². The summed E-state index contributed by atoms with van der Waals surface area (Å²) in [6, 6.07) is 20.1. The normalized spacial score (nSPS) is 13.3. The van der Waals surface area contributed by atoms with Gasteiger partial charge < -0.3 is 5.32 Å². The first kappa shape index (κ1) is 18.9. The number of aromatic amines is 1. The van der Waals surface area contributed by atoms with Gasteiger partial charge in [0.05, 0.1) is 12.2 Å². The summed E-state index contributed by atoms with van der Waals surface area (Å²) in [5.74, 6) is 0.592. The first-order valence-electron chi connectivity index (χ1n) is 9.76. The van der Waals surface area contributed by atoms with Crippen molar-refractivity contribution in [2.24, 2.45) is 0 Å². The highest BCUT2D eigenvalue weighted by Crippen LogP contribution is 2.36. The van der Waals surface area contributed by atoms with Crippen molar-refractivity contribution in [3.8, 4) is 21.8 Å². The van der Waals surface area contributed by atoms with E-state index in [1.807, 2.05) is 65.2 Å². The zero-order chi connectivity index (χ0) is 20.5. The second-order valence-corrected chi connectivity index (χ2v) is 8.54. The lowest BCUT2D eigenvalue weighted by Gasteiger charge is -2.07. The number of hydrogen-bond acceptors (Lipinski definition) is 5. The van der Waals surface area contributed by atoms with Crippen LogP contribution in [0.5, 0.6) is 0 Å². The predicted molar refractivity (Wildman–Crippen MR) is 120 cm³/mol. The Hall–Kier alpha value is -3.10. The average Bonchev–Trinajstić information content (AvgIpc) is 3.40. The largest absolute Gasteiger partial charge is 0.344 e. The van der Waals surface area contributed by atoms with Crippen LogP contribution in [0.4, 0.5) is 0 Å². The fourth-order valence-electron chi connectivity index (χ4n) is 3.38. The van der Waals surface area contributed by atoms with Crippen molar-refractivity contribution in [3.05, 3.63) is 76.1 Å². The van der Waals surface area contributed by atoms with E-state index >= 15 is 0 Å². The van der Waals surface area contributed by atoms with Gasteiger partial charge in [0.1, 0.15) is 9.88 Å². The highest BCUT2D eigenvalue weighted by atomic mass is 32.1. The molecule has 0 spiro atoms. The van der Waals surface area contributed by atoms with Crippen molar-refractivity contribution in [1.82, 2.24) is 25.1 Å². The summed E-state index contributed by atoms with van der Waals surface area (Å²) in [5, 5.41) is 11.0. The Labute approximate surface area is 182 Å². The van der Waals surface area contributed by atoms with Crippen LogP contribution >= 0.6 is 23.6 Å². The first-order chi connectivity index (χ1) is 14.7. The van der Waals surface area contributed by atoms with Gasteiger partial charge in [-0.05, 0) is 25.1 Å². The van der Waals surface area contributed by atoms with Crippen molar-refractivity contribution in [1.29, 1.82) is 0 Å². The van der Waals surface area contributed by atoms with E-state index in [9.17, 15) is 4.79 Å². The molecule has 0 aliphatic heterocycles. The maximum absolute atomic E-state index is 13.1. The topological polar surface area (TPSA) is 75.6 Å². The molecule has 0 unspecified atom stereocenters. The quantitative estimate of drug-likeness (QED) is 0.420. The maximum atomic E-state index is 13.1. The fraction of sp³-hybridized carbons (Fsp3) is 0.182. The molecule has 150 valence electrons. The number of aromatic nitrogens is 4. The second kappa shape index (κ2) is 7.97. The Balaban J connectivity index is 1.46. The number of H-pyrrole nitrogens is 1. The summed E-state index contributed by atoms with van der Waals surface area (Å²) in [6.45, 7) is 0.315. The van der Waals surface area contributed by atoms with Crippen LogP contribution in [0.3, 0.4) is 0 Å². The van der Waals surface area contributed by atoms with E-state index in [4.69, 9.17) is 17.2 Å². The highest BCUT2D eigenvalue weighted by molar-refractivity contribution is 7.71. The third kappa shape index (κ3) is 3.71. The van der Waals surface area contributed by atoms with Gasteiger partial charge in [-0.25, -0.2) is 4.98 Å². The Morgan fingerprint density at radius 2 is 1.77 bits per heavy atom. The molecule has 30 heavy (non-hydrogen) atoms. The number of carbonyl (C=O) groups is 1. The summed E-state index contributed by atoms with van der Waals surface area (Å²) >= 11 is 6.73. The summed E-state index contributed by atoms with van der Waals surface area (Å²) in [7, 11) is 0. The Kier molecular flexibility index (Phi) is 5.02. The van der Waals surface area contributed by atoms with Crippen LogP contribution in [0.1, 0.15) is 34.4 Å². The van der Waals surface area contributed by atoms with E-state index < -0.39 is 0 Å². The molecule has 0 saturated heterocycles. The Morgan fingerprint density at radius 1 is 1.10 bits per heavy atom. The van der Waals surface area contributed by atoms with Gasteiger partial charge in [0.25, 0.3) is 5.91 Å². The number of hydrogen-bond donors (Lipinski definition) is 2. The van der Waals surface area contributed by atoms with E-state index in [1.54, 1.807) is 0 Å². The average molecular weight is 434 g/mol. The van der Waals surface area contributed by atoms with Gasteiger partial charge in [0.2, 0.25) is 0 Å². The molecule has 1 amide bonds. The number of carbonyl (C=O) groups excluding carboxylic acids is 1. The molecular formula is C22H19N5OS2. The monoisotopic (exact) mass is 433 g/mol. The molecule has 4 aromatic rings. The van der Waals surface area contributed by atoms with Crippen LogP contribution in [0, 0.1) is 4.77 Å². The molecule has 1 aliphatic carbocycles. The molecule has 0 radical (unpaired) electrons. The molecule has 2 aromatic heterocycles. The van der Waals surface area contributed by atoms with Crippen molar-refractivity contribution in [2.75, 3.05) is 0 Å². The van der Waals surface area contributed by atoms with Gasteiger partial charge >= 0.3 is 0 Å². The molecule has 2 aromatic carbocycles. The summed E-state index contributed by atoms with van der Waals surface area (Å²) in [4.78, 5) is 18.5. The Bertz CT molecular complexity index is 1240. The first-order valence-corrected chi connectivity index (χ1v) is 11.0. The fourth-order valence-corrected chi connectivity index (χ4v) is 4.69. The third-order valence-electron chi connectivity index (χ3n) is 5.00. The van der Waals surface area contributed by atoms with Crippen LogP contribution in [0.25, 0.3) is 21.8 Å². The third-order valence-corrected chi connectivity index (χ3v) is 6.39. The van der Waals surface area contributed by atoms with E-state index in [-0.39, 0.29) is 5.91 Å². The van der Waals surface area contributed by atoms with Gasteiger partial charge in [-0.1, -0.05) is 60.7 Å². The molecule has 6 nitrogen and oxygen atoms in total. The zero-order valence-electron chi connectivity index (χ0n) is 16.0. The predicted octanol–water partition coefficient (Wildman–Crippen LogP) is 5.00. The van der Waals surface area contributed by atoms with Crippen molar-refractivity contribution >= 4 is 29.5 Å². The molecule has 0 bridgehead atoms. The molecule has 1 fully saturated rings. The lowest BCUT2D eigenvalue weighted by Crippen LogP contribution is -2.24. The Morgan fingerprint density at radius 3 is 2.43 bits per heavy atom. The molecule has 5 rings (SSSR count). The molecule has 1 aliphatic rings. The minimum absolute atomic E-state index is 0.162. The van der Waals surface area contributed by atoms with Crippen molar-refractivity contribution in [3.63, 3.8) is 0 Å². The van der Waals surface area contributed by atoms with Crippen molar-refractivity contribution < 1.29 is 4.79 Å². The number of benzene rings is 2. The number of nitrogens with one attached hydrogen (secondary N) is 2. The van der Waals surface area contributed by atoms with E-state index in [0.29, 0.717) is 27.9 Å². The minimum Gasteiger partial charge on any atom is -0.344 e. The standard InChI is InChI=1S/C22H19N5OS2/c28-20(23-13-17-25-26-22(29)27(17)16-11-12-16)19-18(14-7-3-1-4-8-14)24-21(30-19)15-9-5-2-6-10-15/h1-10,16H,11-13H2,(H,23,28)(H,26,29). The SMILES string of the molecule is O=C(NCc1n[nH]c(=S)n1C1CC1)c1sc(-c2ccccc2)nc1-c1ccccc1. The van der Waals surface area contributed by atoms with E-state index in [0.717, 1.165) is 34.8 Å². The lowest BCUT2D eigenvalue weighted by atomic mass is 10.1. The molecular weight excluding hydrogens is 414 g/mol.